The first-order valence-corrected chi connectivity index (χ1v) is 7.66. The summed E-state index contributed by atoms with van der Waals surface area (Å²) in [4.78, 5) is 8.73. The molecular formula is C15H26N4O2. The Labute approximate surface area is 126 Å². The molecule has 1 aromatic rings. The molecule has 6 nitrogen and oxygen atoms in total. The molecule has 0 aliphatic heterocycles. The Morgan fingerprint density at radius 2 is 1.86 bits per heavy atom. The SMILES string of the molecule is CNc1cc(NCC2(O)CCCCCC2)nc(COC)n1. The van der Waals surface area contributed by atoms with Crippen LogP contribution < -0.4 is 10.6 Å². The maximum absolute atomic E-state index is 10.7. The Morgan fingerprint density at radius 1 is 1.19 bits per heavy atom. The Bertz CT molecular complexity index is 445. The van der Waals surface area contributed by atoms with Crippen LogP contribution >= 0.6 is 0 Å². The Hall–Kier alpha value is -1.40. The number of hydrogen-bond donors (Lipinski definition) is 3. The van der Waals surface area contributed by atoms with E-state index in [0.29, 0.717) is 19.0 Å². The molecule has 118 valence electrons. The van der Waals surface area contributed by atoms with Gasteiger partial charge in [0.1, 0.15) is 18.2 Å². The van der Waals surface area contributed by atoms with Gasteiger partial charge in [0, 0.05) is 26.8 Å². The molecule has 0 radical (unpaired) electrons. The number of nitrogens with zero attached hydrogens (tertiary/aromatic N) is 2. The number of ether oxygens (including phenoxy) is 1. The van der Waals surface area contributed by atoms with Gasteiger partial charge in [0.25, 0.3) is 0 Å². The van der Waals surface area contributed by atoms with Crippen LogP contribution in [0.15, 0.2) is 6.07 Å². The minimum atomic E-state index is -0.622. The van der Waals surface area contributed by atoms with Gasteiger partial charge in [0.2, 0.25) is 0 Å². The first-order chi connectivity index (χ1) is 10.1. The summed E-state index contributed by atoms with van der Waals surface area (Å²) < 4.78 is 5.08. The van der Waals surface area contributed by atoms with E-state index in [1.165, 1.54) is 12.8 Å². The van der Waals surface area contributed by atoms with Gasteiger partial charge in [-0.2, -0.15) is 0 Å². The van der Waals surface area contributed by atoms with Crippen LogP contribution in [0.25, 0.3) is 0 Å². The number of rotatable bonds is 6. The van der Waals surface area contributed by atoms with Crippen molar-refractivity contribution >= 4 is 11.6 Å². The molecular weight excluding hydrogens is 268 g/mol. The fourth-order valence-electron chi connectivity index (χ4n) is 2.73. The molecule has 21 heavy (non-hydrogen) atoms. The van der Waals surface area contributed by atoms with Crippen LogP contribution in [0.3, 0.4) is 0 Å². The number of hydrogen-bond acceptors (Lipinski definition) is 6. The summed E-state index contributed by atoms with van der Waals surface area (Å²) in [6.07, 6.45) is 6.34. The van der Waals surface area contributed by atoms with Gasteiger partial charge in [-0.05, 0) is 12.8 Å². The van der Waals surface area contributed by atoms with Crippen LogP contribution in [-0.4, -0.2) is 41.4 Å². The standard InChI is InChI=1S/C15H26N4O2/c1-16-12-9-13(19-14(18-12)10-21-2)17-11-15(20)7-5-3-4-6-8-15/h9,20H,3-8,10-11H2,1-2H3,(H2,16,17,18,19). The molecule has 0 spiro atoms. The lowest BCUT2D eigenvalue weighted by Gasteiger charge is -2.27. The summed E-state index contributed by atoms with van der Waals surface area (Å²) >= 11 is 0. The van der Waals surface area contributed by atoms with E-state index < -0.39 is 5.60 Å². The molecule has 1 heterocycles. The largest absolute Gasteiger partial charge is 0.388 e. The van der Waals surface area contributed by atoms with Gasteiger partial charge in [-0.15, -0.1) is 0 Å². The van der Waals surface area contributed by atoms with Crippen molar-refractivity contribution in [3.05, 3.63) is 11.9 Å². The van der Waals surface area contributed by atoms with E-state index in [2.05, 4.69) is 20.6 Å². The molecule has 1 fully saturated rings. The Balaban J connectivity index is 2.02. The van der Waals surface area contributed by atoms with E-state index in [9.17, 15) is 5.11 Å². The van der Waals surface area contributed by atoms with Gasteiger partial charge in [-0.1, -0.05) is 25.7 Å². The van der Waals surface area contributed by atoms with Crippen molar-refractivity contribution in [2.75, 3.05) is 31.3 Å². The van der Waals surface area contributed by atoms with E-state index in [4.69, 9.17) is 4.74 Å². The van der Waals surface area contributed by atoms with Gasteiger partial charge in [-0.3, -0.25) is 0 Å². The number of nitrogens with one attached hydrogen (secondary N) is 2. The summed E-state index contributed by atoms with van der Waals surface area (Å²) in [5.41, 5.74) is -0.622. The van der Waals surface area contributed by atoms with Gasteiger partial charge in [0.15, 0.2) is 5.82 Å². The van der Waals surface area contributed by atoms with Gasteiger partial charge in [-0.25, -0.2) is 9.97 Å². The second-order valence-corrected chi connectivity index (χ2v) is 5.73. The van der Waals surface area contributed by atoms with E-state index in [0.717, 1.165) is 37.3 Å². The first-order valence-electron chi connectivity index (χ1n) is 7.66. The van der Waals surface area contributed by atoms with Gasteiger partial charge in [0.05, 0.1) is 5.60 Å². The molecule has 0 saturated heterocycles. The highest BCUT2D eigenvalue weighted by atomic mass is 16.5. The number of aromatic nitrogens is 2. The van der Waals surface area contributed by atoms with Crippen molar-refractivity contribution in [1.82, 2.24) is 9.97 Å². The summed E-state index contributed by atoms with van der Waals surface area (Å²) in [7, 11) is 3.44. The maximum atomic E-state index is 10.7. The van der Waals surface area contributed by atoms with E-state index in [-0.39, 0.29) is 0 Å². The third-order valence-corrected chi connectivity index (χ3v) is 3.93. The molecule has 0 amide bonds. The highest BCUT2D eigenvalue weighted by molar-refractivity contribution is 5.47. The lowest BCUT2D eigenvalue weighted by molar-refractivity contribution is 0.0380. The molecule has 1 saturated carbocycles. The molecule has 1 aliphatic rings. The quantitative estimate of drug-likeness (QED) is 0.698. The molecule has 6 heteroatoms. The van der Waals surface area contributed by atoms with E-state index >= 15 is 0 Å². The third-order valence-electron chi connectivity index (χ3n) is 3.93. The highest BCUT2D eigenvalue weighted by Crippen LogP contribution is 2.27. The molecule has 0 atom stereocenters. The fourth-order valence-corrected chi connectivity index (χ4v) is 2.73. The second kappa shape index (κ2) is 7.56. The van der Waals surface area contributed by atoms with Crippen LogP contribution in [0.4, 0.5) is 11.6 Å². The maximum Gasteiger partial charge on any atom is 0.158 e. The van der Waals surface area contributed by atoms with Crippen molar-refractivity contribution in [3.8, 4) is 0 Å². The average molecular weight is 294 g/mol. The molecule has 3 N–H and O–H groups in total. The Kier molecular flexibility index (Phi) is 5.76. The van der Waals surface area contributed by atoms with E-state index in [1.54, 1.807) is 7.11 Å². The topological polar surface area (TPSA) is 79.3 Å². The van der Waals surface area contributed by atoms with Gasteiger partial charge < -0.3 is 20.5 Å². The second-order valence-electron chi connectivity index (χ2n) is 5.73. The van der Waals surface area contributed by atoms with Gasteiger partial charge >= 0.3 is 0 Å². The van der Waals surface area contributed by atoms with Crippen LogP contribution in [0.1, 0.15) is 44.3 Å². The molecule has 1 aromatic heterocycles. The fraction of sp³-hybridized carbons (Fsp3) is 0.733. The van der Waals surface area contributed by atoms with Crippen molar-refractivity contribution in [1.29, 1.82) is 0 Å². The summed E-state index contributed by atoms with van der Waals surface area (Å²) in [5.74, 6) is 2.09. The number of aliphatic hydroxyl groups is 1. The lowest BCUT2D eigenvalue weighted by atomic mass is 9.94. The van der Waals surface area contributed by atoms with Crippen molar-refractivity contribution < 1.29 is 9.84 Å². The average Bonchev–Trinajstić information content (AvgIpc) is 2.71. The van der Waals surface area contributed by atoms with E-state index in [1.807, 2.05) is 13.1 Å². The zero-order chi connectivity index (χ0) is 15.1. The third kappa shape index (κ3) is 4.82. The highest BCUT2D eigenvalue weighted by Gasteiger charge is 2.27. The van der Waals surface area contributed by atoms with Crippen molar-refractivity contribution in [3.63, 3.8) is 0 Å². The monoisotopic (exact) mass is 294 g/mol. The zero-order valence-electron chi connectivity index (χ0n) is 13.0. The minimum absolute atomic E-state index is 0.370. The Morgan fingerprint density at radius 3 is 2.48 bits per heavy atom. The smallest absolute Gasteiger partial charge is 0.158 e. The molecule has 2 rings (SSSR count). The normalized spacial score (nSPS) is 18.0. The summed E-state index contributed by atoms with van der Waals surface area (Å²) in [6.45, 7) is 0.897. The lowest BCUT2D eigenvalue weighted by Crippen LogP contribution is -2.36. The molecule has 0 aromatic carbocycles. The summed E-state index contributed by atoms with van der Waals surface area (Å²) in [5, 5.41) is 16.9. The predicted octanol–water partition coefficient (Wildman–Crippen LogP) is 2.16. The molecule has 0 bridgehead atoms. The van der Waals surface area contributed by atoms with Crippen LogP contribution in [-0.2, 0) is 11.3 Å². The molecule has 1 aliphatic carbocycles. The predicted molar refractivity (Wildman–Crippen MR) is 83.4 cm³/mol. The van der Waals surface area contributed by atoms with Crippen LogP contribution in [0.5, 0.6) is 0 Å². The number of anilines is 2. The minimum Gasteiger partial charge on any atom is -0.388 e. The number of methoxy groups -OCH3 is 1. The zero-order valence-corrected chi connectivity index (χ0v) is 13.0. The first kappa shape index (κ1) is 16.0. The van der Waals surface area contributed by atoms with Crippen molar-refractivity contribution in [2.24, 2.45) is 0 Å². The molecule has 0 unspecified atom stereocenters. The van der Waals surface area contributed by atoms with Crippen molar-refractivity contribution in [2.45, 2.75) is 50.7 Å². The van der Waals surface area contributed by atoms with Crippen LogP contribution in [0.2, 0.25) is 0 Å². The summed E-state index contributed by atoms with van der Waals surface area (Å²) in [6, 6.07) is 1.85. The van der Waals surface area contributed by atoms with Crippen LogP contribution in [0, 0.1) is 0 Å².